The molecule has 1 unspecified atom stereocenters. The number of imide groups is 1. The summed E-state index contributed by atoms with van der Waals surface area (Å²) in [6.45, 7) is 7.99. The molecule has 0 aromatic heterocycles. The molecule has 2 rings (SSSR count). The van der Waals surface area contributed by atoms with E-state index >= 15 is 0 Å². The monoisotopic (exact) mass is 410 g/mol. The normalized spacial score (nSPS) is 21.0. The number of carbonyl (C=O) groups is 2. The third-order valence-corrected chi connectivity index (χ3v) is 6.60. The average Bonchev–Trinajstić information content (AvgIpc) is 2.73. The number of aryl methyl sites for hydroxylation is 2. The Morgan fingerprint density at radius 2 is 2.00 bits per heavy atom. The molecule has 0 radical (unpaired) electrons. The van der Waals surface area contributed by atoms with Gasteiger partial charge in [0.15, 0.2) is 0 Å². The van der Waals surface area contributed by atoms with Crippen molar-refractivity contribution in [3.8, 4) is 0 Å². The van der Waals surface area contributed by atoms with Crippen LogP contribution in [-0.2, 0) is 21.2 Å². The van der Waals surface area contributed by atoms with E-state index in [-0.39, 0.29) is 23.8 Å². The van der Waals surface area contributed by atoms with Crippen LogP contribution in [0.5, 0.6) is 0 Å². The predicted molar refractivity (Wildman–Crippen MR) is 107 cm³/mol. The van der Waals surface area contributed by atoms with E-state index in [1.807, 2.05) is 19.9 Å². The summed E-state index contributed by atoms with van der Waals surface area (Å²) >= 11 is 0. The summed E-state index contributed by atoms with van der Waals surface area (Å²) in [6, 6.07) is 4.07. The van der Waals surface area contributed by atoms with Gasteiger partial charge in [0.1, 0.15) is 6.04 Å². The zero-order chi connectivity index (χ0) is 21.1. The molecule has 1 aromatic rings. The first kappa shape index (κ1) is 22.4. The van der Waals surface area contributed by atoms with Gasteiger partial charge in [0.05, 0.1) is 4.90 Å². The Kier molecular flexibility index (Phi) is 7.22. The van der Waals surface area contributed by atoms with Crippen molar-refractivity contribution in [2.45, 2.75) is 64.3 Å². The minimum Gasteiger partial charge on any atom is -0.465 e. The molecule has 2 amide bonds. The van der Waals surface area contributed by atoms with Gasteiger partial charge in [-0.15, -0.1) is 0 Å². The maximum atomic E-state index is 13.1. The lowest BCUT2D eigenvalue weighted by Crippen LogP contribution is -2.49. The molecule has 1 aromatic carbocycles. The summed E-state index contributed by atoms with van der Waals surface area (Å²) in [7, 11) is -3.96. The fourth-order valence-corrected chi connectivity index (χ4v) is 4.87. The van der Waals surface area contributed by atoms with Crippen LogP contribution in [0.15, 0.2) is 23.1 Å². The first-order chi connectivity index (χ1) is 13.0. The van der Waals surface area contributed by atoms with Crippen molar-refractivity contribution < 1.29 is 23.1 Å². The highest BCUT2D eigenvalue weighted by Crippen LogP contribution is 2.23. The maximum absolute atomic E-state index is 13.1. The van der Waals surface area contributed by atoms with Gasteiger partial charge in [-0.1, -0.05) is 38.5 Å². The number of amides is 2. The Bertz CT molecular complexity index is 835. The van der Waals surface area contributed by atoms with Crippen LogP contribution in [0.25, 0.3) is 0 Å². The van der Waals surface area contributed by atoms with Crippen molar-refractivity contribution in [3.05, 3.63) is 29.3 Å². The molecule has 1 fully saturated rings. The van der Waals surface area contributed by atoms with Gasteiger partial charge in [0.2, 0.25) is 15.9 Å². The van der Waals surface area contributed by atoms with Crippen LogP contribution in [-0.4, -0.2) is 43.0 Å². The summed E-state index contributed by atoms with van der Waals surface area (Å²) in [4.78, 5) is 24.9. The van der Waals surface area contributed by atoms with Crippen LogP contribution in [0.1, 0.15) is 51.2 Å². The predicted octanol–water partition coefficient (Wildman–Crippen LogP) is 3.17. The fraction of sp³-hybridized carbons (Fsp3) is 0.600. The number of rotatable bonds is 6. The molecule has 2 N–H and O–H groups in total. The summed E-state index contributed by atoms with van der Waals surface area (Å²) in [5.41, 5.74) is 1.68. The van der Waals surface area contributed by atoms with Crippen molar-refractivity contribution in [2.24, 2.45) is 11.8 Å². The van der Waals surface area contributed by atoms with Gasteiger partial charge in [-0.25, -0.2) is 18.1 Å². The number of carboxylic acid groups (broad SMARTS) is 1. The molecule has 0 saturated carbocycles. The summed E-state index contributed by atoms with van der Waals surface area (Å²) in [5, 5.41) is 9.31. The molecule has 2 atom stereocenters. The molecule has 156 valence electrons. The van der Waals surface area contributed by atoms with Gasteiger partial charge >= 0.3 is 6.09 Å². The van der Waals surface area contributed by atoms with Gasteiger partial charge in [-0.3, -0.25) is 4.79 Å². The number of hydrogen-bond acceptors (Lipinski definition) is 4. The number of sulfonamides is 1. The van der Waals surface area contributed by atoms with Crippen molar-refractivity contribution in [1.82, 2.24) is 9.62 Å². The highest BCUT2D eigenvalue weighted by atomic mass is 32.2. The Balaban J connectivity index is 2.32. The van der Waals surface area contributed by atoms with Crippen LogP contribution in [0, 0.1) is 18.8 Å². The topological polar surface area (TPSA) is 104 Å². The second kappa shape index (κ2) is 9.05. The van der Waals surface area contributed by atoms with Gasteiger partial charge in [-0.2, -0.15) is 4.72 Å². The molecule has 7 nitrogen and oxygen atoms in total. The number of benzene rings is 1. The molecular weight excluding hydrogens is 380 g/mol. The Morgan fingerprint density at radius 3 is 2.61 bits per heavy atom. The average molecular weight is 411 g/mol. The van der Waals surface area contributed by atoms with E-state index in [0.29, 0.717) is 24.3 Å². The Labute approximate surface area is 167 Å². The maximum Gasteiger partial charge on any atom is 0.414 e. The smallest absolute Gasteiger partial charge is 0.414 e. The van der Waals surface area contributed by atoms with Crippen molar-refractivity contribution in [1.29, 1.82) is 0 Å². The van der Waals surface area contributed by atoms with Crippen molar-refractivity contribution in [3.63, 3.8) is 0 Å². The number of nitrogens with one attached hydrogen (secondary N) is 1. The fourth-order valence-electron chi connectivity index (χ4n) is 3.40. The highest BCUT2D eigenvalue weighted by molar-refractivity contribution is 7.89. The van der Waals surface area contributed by atoms with Crippen LogP contribution < -0.4 is 4.72 Å². The third-order valence-electron chi connectivity index (χ3n) is 5.03. The number of nitrogens with zero attached hydrogens (tertiary/aromatic N) is 1. The van der Waals surface area contributed by atoms with Crippen LogP contribution in [0.3, 0.4) is 0 Å². The van der Waals surface area contributed by atoms with Crippen LogP contribution in [0.4, 0.5) is 4.79 Å². The van der Waals surface area contributed by atoms with Crippen LogP contribution in [0.2, 0.25) is 0 Å². The molecule has 0 aliphatic carbocycles. The zero-order valence-electron chi connectivity index (χ0n) is 16.9. The minimum atomic E-state index is -3.96. The molecule has 1 saturated heterocycles. The first-order valence-corrected chi connectivity index (χ1v) is 11.2. The molecule has 8 heteroatoms. The van der Waals surface area contributed by atoms with Gasteiger partial charge in [0.25, 0.3) is 0 Å². The van der Waals surface area contributed by atoms with Crippen molar-refractivity contribution >= 4 is 22.0 Å². The van der Waals surface area contributed by atoms with E-state index in [1.54, 1.807) is 12.1 Å². The first-order valence-electron chi connectivity index (χ1n) is 9.67. The summed E-state index contributed by atoms with van der Waals surface area (Å²) < 4.78 is 28.6. The van der Waals surface area contributed by atoms with Crippen molar-refractivity contribution in [2.75, 3.05) is 6.54 Å². The second-order valence-corrected chi connectivity index (χ2v) is 9.81. The van der Waals surface area contributed by atoms with Gasteiger partial charge in [0, 0.05) is 6.54 Å². The molecule has 0 bridgehead atoms. The molecule has 28 heavy (non-hydrogen) atoms. The number of likely N-dealkylation sites (tertiary alicyclic amines) is 1. The molecular formula is C20H30N2O5S. The molecule has 1 aliphatic heterocycles. The molecule has 1 aliphatic rings. The lowest BCUT2D eigenvalue weighted by molar-refractivity contribution is -0.130. The second-order valence-electron chi connectivity index (χ2n) is 8.13. The summed E-state index contributed by atoms with van der Waals surface area (Å²) in [5.74, 6) is -0.301. The minimum absolute atomic E-state index is 0.0180. The van der Waals surface area contributed by atoms with E-state index in [1.165, 1.54) is 0 Å². The lowest BCUT2D eigenvalue weighted by Gasteiger charge is -2.22. The Hall–Kier alpha value is -1.93. The van der Waals surface area contributed by atoms with Crippen LogP contribution >= 0.6 is 0 Å². The Morgan fingerprint density at radius 1 is 1.32 bits per heavy atom. The van der Waals surface area contributed by atoms with E-state index in [0.717, 1.165) is 16.9 Å². The number of carbonyl (C=O) groups excluding carboxylic acids is 1. The summed E-state index contributed by atoms with van der Waals surface area (Å²) in [6.07, 6.45) is 0.953. The van der Waals surface area contributed by atoms with Gasteiger partial charge in [-0.05, 0) is 56.1 Å². The third kappa shape index (κ3) is 5.54. The quantitative estimate of drug-likeness (QED) is 0.750. The highest BCUT2D eigenvalue weighted by Gasteiger charge is 2.36. The largest absolute Gasteiger partial charge is 0.465 e. The van der Waals surface area contributed by atoms with E-state index in [2.05, 4.69) is 18.6 Å². The standard InChI is InChI=1S/C20H30N2O5S/c1-13(2)5-8-16-11-14(3)7-10-18(16)28(26,27)21-17-9-6-15(4)12-22(19(17)23)20(24)25/h7,10-11,13,15,17,21H,5-6,8-9,12H2,1-4H3,(H,24,25)/t15?,17-/m0/s1. The molecule has 0 spiro atoms. The van der Waals surface area contributed by atoms with E-state index in [9.17, 15) is 23.1 Å². The lowest BCUT2D eigenvalue weighted by atomic mass is 10.0. The number of hydrogen-bond donors (Lipinski definition) is 2. The van der Waals surface area contributed by atoms with Gasteiger partial charge < -0.3 is 5.11 Å². The van der Waals surface area contributed by atoms with E-state index < -0.39 is 28.1 Å². The van der Waals surface area contributed by atoms with E-state index in [4.69, 9.17) is 0 Å². The zero-order valence-corrected chi connectivity index (χ0v) is 17.8. The molecule has 1 heterocycles. The SMILES string of the molecule is Cc1ccc(S(=O)(=O)N[C@H]2CCC(C)CN(C(=O)O)C2=O)c(CCC(C)C)c1.